The molecular weight excluding hydrogens is 234 g/mol. The summed E-state index contributed by atoms with van der Waals surface area (Å²) < 4.78 is 2.06. The van der Waals surface area contributed by atoms with E-state index in [2.05, 4.69) is 34.9 Å². The van der Waals surface area contributed by atoms with Crippen molar-refractivity contribution in [3.8, 4) is 11.1 Å². The topological polar surface area (TPSA) is 22.0 Å². The maximum atomic E-state index is 11.3. The molecule has 0 saturated carbocycles. The molecule has 2 aromatic carbocycles. The first-order valence-corrected chi connectivity index (χ1v) is 6.32. The quantitative estimate of drug-likeness (QED) is 0.630. The van der Waals surface area contributed by atoms with Crippen LogP contribution in [0.1, 0.15) is 16.1 Å². The summed E-state index contributed by atoms with van der Waals surface area (Å²) >= 11 is 0. The maximum Gasteiger partial charge on any atom is 0.152 e. The molecule has 0 amide bonds. The molecule has 1 aromatic heterocycles. The van der Waals surface area contributed by atoms with Crippen molar-refractivity contribution in [2.24, 2.45) is 7.05 Å². The van der Waals surface area contributed by atoms with Crippen molar-refractivity contribution in [1.29, 1.82) is 0 Å². The largest absolute Gasteiger partial charge is 0.347 e. The normalized spacial score (nSPS) is 10.8. The number of carbonyl (C=O) groups excluding carboxylic acids is 1. The molecule has 3 rings (SSSR count). The lowest BCUT2D eigenvalue weighted by molar-refractivity contribution is 0.112. The summed E-state index contributed by atoms with van der Waals surface area (Å²) in [5.41, 5.74) is 5.20. The minimum Gasteiger partial charge on any atom is -0.347 e. The number of nitrogens with zero attached hydrogens (tertiary/aromatic N) is 1. The van der Waals surface area contributed by atoms with Crippen LogP contribution in [0.15, 0.2) is 48.5 Å². The SMILES string of the molecule is Cc1c(C=O)c2cc(-c3ccccc3)ccc2n1C. The highest BCUT2D eigenvalue weighted by Gasteiger charge is 2.11. The average molecular weight is 249 g/mol. The van der Waals surface area contributed by atoms with Gasteiger partial charge >= 0.3 is 0 Å². The summed E-state index contributed by atoms with van der Waals surface area (Å²) in [5, 5.41) is 1.02. The second-order valence-corrected chi connectivity index (χ2v) is 4.77. The van der Waals surface area contributed by atoms with Gasteiger partial charge in [0, 0.05) is 29.2 Å². The molecule has 0 unspecified atom stereocenters. The zero-order valence-electron chi connectivity index (χ0n) is 11.1. The minimum absolute atomic E-state index is 0.787. The van der Waals surface area contributed by atoms with Crippen molar-refractivity contribution in [3.63, 3.8) is 0 Å². The Kier molecular flexibility index (Phi) is 2.71. The lowest BCUT2D eigenvalue weighted by Crippen LogP contribution is -1.91. The monoisotopic (exact) mass is 249 g/mol. The number of benzene rings is 2. The summed E-state index contributed by atoms with van der Waals surface area (Å²) in [5.74, 6) is 0. The zero-order chi connectivity index (χ0) is 13.4. The Morgan fingerprint density at radius 1 is 1.00 bits per heavy atom. The summed E-state index contributed by atoms with van der Waals surface area (Å²) in [6.45, 7) is 1.98. The van der Waals surface area contributed by atoms with Gasteiger partial charge in [-0.05, 0) is 30.2 Å². The van der Waals surface area contributed by atoms with Crippen LogP contribution >= 0.6 is 0 Å². The molecule has 0 aliphatic rings. The number of carbonyl (C=O) groups is 1. The maximum absolute atomic E-state index is 11.3. The Labute approximate surface area is 112 Å². The third-order valence-electron chi connectivity index (χ3n) is 3.77. The van der Waals surface area contributed by atoms with Crippen LogP contribution in [0.4, 0.5) is 0 Å². The van der Waals surface area contributed by atoms with Gasteiger partial charge in [-0.2, -0.15) is 0 Å². The molecule has 0 aliphatic heterocycles. The molecule has 0 saturated heterocycles. The van der Waals surface area contributed by atoms with Crippen LogP contribution in [-0.2, 0) is 7.05 Å². The highest BCUT2D eigenvalue weighted by atomic mass is 16.1. The van der Waals surface area contributed by atoms with Crippen LogP contribution in [0.5, 0.6) is 0 Å². The van der Waals surface area contributed by atoms with Gasteiger partial charge in [0.15, 0.2) is 6.29 Å². The smallest absolute Gasteiger partial charge is 0.152 e. The molecule has 0 N–H and O–H groups in total. The number of aldehydes is 1. The summed E-state index contributed by atoms with van der Waals surface area (Å²) in [4.78, 5) is 11.3. The van der Waals surface area contributed by atoms with E-state index in [1.165, 1.54) is 5.56 Å². The third-order valence-corrected chi connectivity index (χ3v) is 3.77. The molecule has 0 aliphatic carbocycles. The van der Waals surface area contributed by atoms with Crippen LogP contribution in [0.2, 0.25) is 0 Å². The van der Waals surface area contributed by atoms with Gasteiger partial charge < -0.3 is 4.57 Å². The lowest BCUT2D eigenvalue weighted by atomic mass is 10.0. The van der Waals surface area contributed by atoms with Gasteiger partial charge in [-0.25, -0.2) is 0 Å². The molecule has 0 atom stereocenters. The second kappa shape index (κ2) is 4.39. The predicted octanol–water partition coefficient (Wildman–Crippen LogP) is 3.97. The fourth-order valence-electron chi connectivity index (χ4n) is 2.56. The fourth-order valence-corrected chi connectivity index (χ4v) is 2.56. The Hall–Kier alpha value is -2.35. The molecule has 0 bridgehead atoms. The Morgan fingerprint density at radius 2 is 1.74 bits per heavy atom. The minimum atomic E-state index is 0.787. The molecule has 2 nitrogen and oxygen atoms in total. The van der Waals surface area contributed by atoms with Crippen molar-refractivity contribution in [1.82, 2.24) is 4.57 Å². The number of aryl methyl sites for hydroxylation is 1. The number of hydrogen-bond donors (Lipinski definition) is 0. The average Bonchev–Trinajstić information content (AvgIpc) is 2.71. The molecule has 0 spiro atoms. The van der Waals surface area contributed by atoms with E-state index in [0.29, 0.717) is 0 Å². The van der Waals surface area contributed by atoms with E-state index in [0.717, 1.165) is 34.0 Å². The van der Waals surface area contributed by atoms with Crippen LogP contribution in [-0.4, -0.2) is 10.9 Å². The van der Waals surface area contributed by atoms with Gasteiger partial charge in [0.25, 0.3) is 0 Å². The standard InChI is InChI=1S/C17H15NO/c1-12-16(11-19)15-10-14(8-9-17(15)18(12)2)13-6-4-3-5-7-13/h3-11H,1-2H3. The van der Waals surface area contributed by atoms with Crippen molar-refractivity contribution < 1.29 is 4.79 Å². The first kappa shape index (κ1) is 11.7. The third kappa shape index (κ3) is 1.76. The van der Waals surface area contributed by atoms with Crippen molar-refractivity contribution >= 4 is 17.2 Å². The van der Waals surface area contributed by atoms with Gasteiger partial charge in [-0.1, -0.05) is 36.4 Å². The molecule has 94 valence electrons. The molecule has 19 heavy (non-hydrogen) atoms. The molecule has 2 heteroatoms. The summed E-state index contributed by atoms with van der Waals surface area (Å²) in [6.07, 6.45) is 0.951. The highest BCUT2D eigenvalue weighted by molar-refractivity contribution is 6.01. The van der Waals surface area contributed by atoms with E-state index >= 15 is 0 Å². The number of aromatic nitrogens is 1. The van der Waals surface area contributed by atoms with Crippen molar-refractivity contribution in [2.75, 3.05) is 0 Å². The summed E-state index contributed by atoms with van der Waals surface area (Å²) in [6, 6.07) is 16.5. The molecule has 0 radical (unpaired) electrons. The van der Waals surface area contributed by atoms with E-state index in [1.807, 2.05) is 32.2 Å². The van der Waals surface area contributed by atoms with E-state index in [1.54, 1.807) is 0 Å². The molecular formula is C17H15NO. The Morgan fingerprint density at radius 3 is 2.42 bits per heavy atom. The Bertz CT molecular complexity index is 754. The van der Waals surface area contributed by atoms with Crippen LogP contribution in [0, 0.1) is 6.92 Å². The van der Waals surface area contributed by atoms with E-state index < -0.39 is 0 Å². The first-order valence-electron chi connectivity index (χ1n) is 6.32. The second-order valence-electron chi connectivity index (χ2n) is 4.77. The van der Waals surface area contributed by atoms with E-state index in [-0.39, 0.29) is 0 Å². The van der Waals surface area contributed by atoms with E-state index in [9.17, 15) is 4.79 Å². The number of hydrogen-bond acceptors (Lipinski definition) is 1. The van der Waals surface area contributed by atoms with Gasteiger partial charge in [0.1, 0.15) is 0 Å². The van der Waals surface area contributed by atoms with Crippen molar-refractivity contribution in [2.45, 2.75) is 6.92 Å². The van der Waals surface area contributed by atoms with Crippen LogP contribution in [0.25, 0.3) is 22.0 Å². The number of fused-ring (bicyclic) bond motifs is 1. The van der Waals surface area contributed by atoms with Gasteiger partial charge in [-0.3, -0.25) is 4.79 Å². The summed E-state index contributed by atoms with van der Waals surface area (Å²) in [7, 11) is 1.99. The van der Waals surface area contributed by atoms with Crippen molar-refractivity contribution in [3.05, 3.63) is 59.8 Å². The molecule has 3 aromatic rings. The first-order chi connectivity index (χ1) is 9.22. The molecule has 0 fully saturated rings. The highest BCUT2D eigenvalue weighted by Crippen LogP contribution is 2.28. The Balaban J connectivity index is 2.29. The van der Waals surface area contributed by atoms with Gasteiger partial charge in [0.05, 0.1) is 0 Å². The van der Waals surface area contributed by atoms with Crippen LogP contribution < -0.4 is 0 Å². The predicted molar refractivity (Wildman–Crippen MR) is 78.5 cm³/mol. The van der Waals surface area contributed by atoms with Gasteiger partial charge in [0.2, 0.25) is 0 Å². The lowest BCUT2D eigenvalue weighted by Gasteiger charge is -2.03. The zero-order valence-corrected chi connectivity index (χ0v) is 11.1. The fraction of sp³-hybridized carbons (Fsp3) is 0.118. The number of rotatable bonds is 2. The van der Waals surface area contributed by atoms with Crippen LogP contribution in [0.3, 0.4) is 0 Å². The van der Waals surface area contributed by atoms with E-state index in [4.69, 9.17) is 0 Å². The molecule has 1 heterocycles. The van der Waals surface area contributed by atoms with Gasteiger partial charge in [-0.15, -0.1) is 0 Å².